The number of hydrogen-bond donors (Lipinski definition) is 1. The highest BCUT2D eigenvalue weighted by Gasteiger charge is 2.39. The molecule has 2 atom stereocenters. The Morgan fingerprint density at radius 1 is 1.09 bits per heavy atom. The van der Waals surface area contributed by atoms with Crippen molar-refractivity contribution in [2.24, 2.45) is 5.92 Å². The fourth-order valence-corrected chi connectivity index (χ4v) is 3.90. The van der Waals surface area contributed by atoms with Crippen molar-refractivity contribution in [1.29, 1.82) is 0 Å². The number of halogens is 1. The van der Waals surface area contributed by atoms with Crippen molar-refractivity contribution in [2.75, 3.05) is 19.6 Å². The first kappa shape index (κ1) is 14.4. The maximum absolute atomic E-state index is 14.4. The standard InChI is InChI=1S/C19H19FN2O/c20-17-8-4-7-15-18(17)16-12-22(10-13-5-2-1-3-6-13)11-14(16)9-21-19(15)23/h1-8,14,16H,9-12H2,(H,21,23)/t14-,16?/m0/s1. The van der Waals surface area contributed by atoms with Crippen molar-refractivity contribution in [3.8, 4) is 0 Å². The van der Waals surface area contributed by atoms with Gasteiger partial charge >= 0.3 is 0 Å². The van der Waals surface area contributed by atoms with Crippen LogP contribution in [0.3, 0.4) is 0 Å². The van der Waals surface area contributed by atoms with Crippen LogP contribution < -0.4 is 5.32 Å². The van der Waals surface area contributed by atoms with Gasteiger partial charge in [-0.2, -0.15) is 0 Å². The number of carbonyl (C=O) groups is 1. The number of benzene rings is 2. The van der Waals surface area contributed by atoms with Gasteiger partial charge in [-0.05, 0) is 23.6 Å². The Morgan fingerprint density at radius 3 is 2.74 bits per heavy atom. The van der Waals surface area contributed by atoms with Crippen LogP contribution in [-0.4, -0.2) is 30.4 Å². The normalized spacial score (nSPS) is 23.8. The molecule has 1 fully saturated rings. The van der Waals surface area contributed by atoms with Crippen molar-refractivity contribution >= 4 is 5.91 Å². The minimum atomic E-state index is -0.254. The number of carbonyl (C=O) groups excluding carboxylic acids is 1. The fourth-order valence-electron chi connectivity index (χ4n) is 3.90. The van der Waals surface area contributed by atoms with Gasteiger partial charge in [0, 0.05) is 43.2 Å². The van der Waals surface area contributed by atoms with Gasteiger partial charge in [0.05, 0.1) is 0 Å². The molecule has 2 heterocycles. The van der Waals surface area contributed by atoms with E-state index in [9.17, 15) is 9.18 Å². The predicted molar refractivity (Wildman–Crippen MR) is 86.7 cm³/mol. The summed E-state index contributed by atoms with van der Waals surface area (Å²) in [5.74, 6) is -0.0608. The highest BCUT2D eigenvalue weighted by Crippen LogP contribution is 2.37. The van der Waals surface area contributed by atoms with Crippen LogP contribution in [0.2, 0.25) is 0 Å². The third-order valence-corrected chi connectivity index (χ3v) is 4.96. The van der Waals surface area contributed by atoms with Crippen LogP contribution in [0.15, 0.2) is 48.5 Å². The van der Waals surface area contributed by atoms with E-state index >= 15 is 0 Å². The molecule has 23 heavy (non-hydrogen) atoms. The van der Waals surface area contributed by atoms with Gasteiger partial charge < -0.3 is 5.32 Å². The fraction of sp³-hybridized carbons (Fsp3) is 0.316. The Morgan fingerprint density at radius 2 is 1.91 bits per heavy atom. The molecule has 0 radical (unpaired) electrons. The second kappa shape index (κ2) is 5.78. The Balaban J connectivity index is 1.63. The summed E-state index contributed by atoms with van der Waals surface area (Å²) >= 11 is 0. The zero-order chi connectivity index (χ0) is 15.8. The Hall–Kier alpha value is -2.20. The molecule has 2 aliphatic rings. The molecular weight excluding hydrogens is 291 g/mol. The molecule has 2 aliphatic heterocycles. The van der Waals surface area contributed by atoms with E-state index in [1.54, 1.807) is 12.1 Å². The molecule has 4 heteroatoms. The van der Waals surface area contributed by atoms with Crippen LogP contribution in [0, 0.1) is 11.7 Å². The summed E-state index contributed by atoms with van der Waals surface area (Å²) in [7, 11) is 0. The van der Waals surface area contributed by atoms with Gasteiger partial charge in [0.25, 0.3) is 5.91 Å². The van der Waals surface area contributed by atoms with Crippen molar-refractivity contribution in [3.05, 3.63) is 71.0 Å². The number of nitrogens with one attached hydrogen (secondary N) is 1. The molecule has 0 aromatic heterocycles. The minimum Gasteiger partial charge on any atom is -0.352 e. The minimum absolute atomic E-state index is 0.0777. The van der Waals surface area contributed by atoms with Gasteiger partial charge in [-0.1, -0.05) is 36.4 Å². The van der Waals surface area contributed by atoms with Gasteiger partial charge in [-0.25, -0.2) is 4.39 Å². The maximum Gasteiger partial charge on any atom is 0.251 e. The van der Waals surface area contributed by atoms with Crippen LogP contribution in [-0.2, 0) is 6.54 Å². The maximum atomic E-state index is 14.4. The van der Waals surface area contributed by atoms with Crippen LogP contribution >= 0.6 is 0 Å². The van der Waals surface area contributed by atoms with Crippen molar-refractivity contribution in [2.45, 2.75) is 12.5 Å². The first-order chi connectivity index (χ1) is 11.2. The van der Waals surface area contributed by atoms with Gasteiger partial charge in [-0.15, -0.1) is 0 Å². The van der Waals surface area contributed by atoms with E-state index in [1.807, 2.05) is 18.2 Å². The summed E-state index contributed by atoms with van der Waals surface area (Å²) < 4.78 is 14.4. The monoisotopic (exact) mass is 310 g/mol. The molecule has 0 saturated carbocycles. The van der Waals surface area contributed by atoms with Crippen LogP contribution in [0.25, 0.3) is 0 Å². The van der Waals surface area contributed by atoms with Gasteiger partial charge in [0.15, 0.2) is 0 Å². The summed E-state index contributed by atoms with van der Waals surface area (Å²) in [5, 5.41) is 2.95. The van der Waals surface area contributed by atoms with Gasteiger partial charge in [0.1, 0.15) is 5.82 Å². The first-order valence-corrected chi connectivity index (χ1v) is 8.05. The first-order valence-electron chi connectivity index (χ1n) is 8.05. The third-order valence-electron chi connectivity index (χ3n) is 4.96. The number of hydrogen-bond acceptors (Lipinski definition) is 2. The van der Waals surface area contributed by atoms with Crippen molar-refractivity contribution in [3.63, 3.8) is 0 Å². The summed E-state index contributed by atoms with van der Waals surface area (Å²) in [6.45, 7) is 3.16. The Labute approximate surface area is 135 Å². The lowest BCUT2D eigenvalue weighted by Crippen LogP contribution is -2.29. The molecule has 3 nitrogen and oxygen atoms in total. The SMILES string of the molecule is O=C1NC[C@H]2CN(Cc3ccccc3)CC2c2c(F)cccc21. The molecule has 2 aromatic rings. The largest absolute Gasteiger partial charge is 0.352 e. The van der Waals surface area contributed by atoms with E-state index in [2.05, 4.69) is 22.3 Å². The van der Waals surface area contributed by atoms with Crippen LogP contribution in [0.1, 0.15) is 27.4 Å². The second-order valence-corrected chi connectivity index (χ2v) is 6.46. The molecule has 0 bridgehead atoms. The van der Waals surface area contributed by atoms with E-state index < -0.39 is 0 Å². The predicted octanol–water partition coefficient (Wildman–Crippen LogP) is 2.78. The molecule has 1 saturated heterocycles. The number of fused-ring (bicyclic) bond motifs is 3. The number of rotatable bonds is 2. The number of amides is 1. The number of likely N-dealkylation sites (tertiary alicyclic amines) is 1. The molecular formula is C19H19FN2O. The molecule has 0 spiro atoms. The lowest BCUT2D eigenvalue weighted by atomic mass is 9.87. The summed E-state index contributed by atoms with van der Waals surface area (Å²) in [6.07, 6.45) is 0. The summed E-state index contributed by atoms with van der Waals surface area (Å²) in [5.41, 5.74) is 2.36. The zero-order valence-electron chi connectivity index (χ0n) is 12.8. The van der Waals surface area contributed by atoms with E-state index in [0.717, 1.165) is 19.6 Å². The molecule has 1 unspecified atom stereocenters. The van der Waals surface area contributed by atoms with Crippen LogP contribution in [0.4, 0.5) is 4.39 Å². The average molecular weight is 310 g/mol. The van der Waals surface area contributed by atoms with E-state index in [-0.39, 0.29) is 23.6 Å². The van der Waals surface area contributed by atoms with E-state index in [1.165, 1.54) is 11.6 Å². The highest BCUT2D eigenvalue weighted by molar-refractivity contribution is 5.96. The smallest absolute Gasteiger partial charge is 0.251 e. The highest BCUT2D eigenvalue weighted by atomic mass is 19.1. The lowest BCUT2D eigenvalue weighted by molar-refractivity contribution is 0.0950. The molecule has 2 aromatic carbocycles. The van der Waals surface area contributed by atoms with Crippen LogP contribution in [0.5, 0.6) is 0 Å². The molecule has 4 rings (SSSR count). The van der Waals surface area contributed by atoms with E-state index in [0.29, 0.717) is 17.7 Å². The quantitative estimate of drug-likeness (QED) is 0.925. The second-order valence-electron chi connectivity index (χ2n) is 6.46. The molecule has 0 aliphatic carbocycles. The van der Waals surface area contributed by atoms with Gasteiger partial charge in [0.2, 0.25) is 0 Å². The average Bonchev–Trinajstić information content (AvgIpc) is 2.90. The van der Waals surface area contributed by atoms with Crippen molar-refractivity contribution < 1.29 is 9.18 Å². The van der Waals surface area contributed by atoms with Crippen molar-refractivity contribution in [1.82, 2.24) is 10.2 Å². The molecule has 1 amide bonds. The van der Waals surface area contributed by atoms with E-state index in [4.69, 9.17) is 0 Å². The Bertz CT molecular complexity index is 731. The Kier molecular flexibility index (Phi) is 3.62. The lowest BCUT2D eigenvalue weighted by Gasteiger charge is -2.18. The topological polar surface area (TPSA) is 32.3 Å². The molecule has 118 valence electrons. The summed E-state index contributed by atoms with van der Waals surface area (Å²) in [4.78, 5) is 14.5. The zero-order valence-corrected chi connectivity index (χ0v) is 12.8. The molecule has 1 N–H and O–H groups in total. The number of nitrogens with zero attached hydrogens (tertiary/aromatic N) is 1. The summed E-state index contributed by atoms with van der Waals surface area (Å²) in [6, 6.07) is 15.1. The third kappa shape index (κ3) is 2.63. The van der Waals surface area contributed by atoms with Gasteiger partial charge in [-0.3, -0.25) is 9.69 Å².